The van der Waals surface area contributed by atoms with E-state index in [4.69, 9.17) is 0 Å². The molecule has 0 spiro atoms. The third-order valence-corrected chi connectivity index (χ3v) is 0. The van der Waals surface area contributed by atoms with Crippen molar-refractivity contribution >= 4 is 11.8 Å². The highest BCUT2D eigenvalue weighted by molar-refractivity contribution is 6.12. The molecule has 4 nitrogen and oxygen atoms in total. The van der Waals surface area contributed by atoms with E-state index in [0.717, 1.165) is 0 Å². The van der Waals surface area contributed by atoms with Crippen molar-refractivity contribution in [3.63, 3.8) is 0 Å². The fraction of sp³-hybridized carbons (Fsp3) is 0. The molecule has 0 aromatic heterocycles. The summed E-state index contributed by atoms with van der Waals surface area (Å²) in [6, 6.07) is 0. The van der Waals surface area contributed by atoms with E-state index >= 15 is 0 Å². The van der Waals surface area contributed by atoms with Crippen molar-refractivity contribution < 1.29 is 0 Å². The molecule has 0 bridgehead atoms. The molecule has 5 heteroatoms. The topological polar surface area (TPSA) is 90.1 Å². The van der Waals surface area contributed by atoms with E-state index in [-0.39, 0.29) is 0 Å². The predicted octanol–water partition coefficient (Wildman–Crippen LogP) is -1.58. The summed E-state index contributed by atoms with van der Waals surface area (Å²) in [5.74, 6) is 12.4. The summed E-state index contributed by atoms with van der Waals surface area (Å²) < 4.78 is 0. The number of halogens is 1. The zero-order valence-corrected chi connectivity index (χ0v) is 3.37. The molecule has 0 heterocycles. The Labute approximate surface area is 35.3 Å². The van der Waals surface area contributed by atoms with Crippen molar-refractivity contribution in [1.29, 1.82) is 0 Å². The molecule has 0 rings (SSSR count). The van der Waals surface area contributed by atoms with Crippen molar-refractivity contribution in [2.75, 3.05) is 0 Å². The normalized spacial score (nSPS) is 4.80. The van der Waals surface area contributed by atoms with Crippen LogP contribution in [0.5, 0.6) is 0 Å². The van der Waals surface area contributed by atoms with Crippen molar-refractivity contribution in [2.24, 2.45) is 17.5 Å². The number of nitrogens with two attached hydrogens (primary N) is 3. The maximum absolute atomic E-state index is 4.53. The largest absolute Gasteiger partial charge is 0.274 e. The second-order valence-corrected chi connectivity index (χ2v) is 0.327. The fourth-order valence-corrected chi connectivity index (χ4v) is 0. The lowest BCUT2D eigenvalue weighted by molar-refractivity contribution is 1.10. The molecular weight excluding hydrogens is 91.5 g/mol. The van der Waals surface area contributed by atoms with Gasteiger partial charge in [0, 0.05) is 0 Å². The van der Waals surface area contributed by atoms with Crippen LogP contribution in [0.3, 0.4) is 0 Å². The molecule has 0 fully saturated rings. The van der Waals surface area contributed by atoms with Gasteiger partial charge in [0.15, 0.2) is 0 Å². The van der Waals surface area contributed by atoms with Gasteiger partial charge >= 0.3 is 0 Å². The van der Waals surface area contributed by atoms with Crippen LogP contribution < -0.4 is 22.5 Å². The number of nitrogens with one attached hydrogen (secondary N) is 1. The molecule has 0 aromatic rings. The number of hydrogen-bond acceptors (Lipinski definition) is 4. The second kappa shape index (κ2) is 31.7. The Hall–Kier alpha value is 0.130. The molecule has 0 atom stereocenters. The van der Waals surface area contributed by atoms with Gasteiger partial charge in [0.05, 0.1) is 0 Å². The van der Waals surface area contributed by atoms with E-state index in [1.54, 1.807) is 4.94 Å². The lowest BCUT2D eigenvalue weighted by atomic mass is 13.0. The lowest BCUT2D eigenvalue weighted by Gasteiger charge is -1.57. The van der Waals surface area contributed by atoms with Crippen molar-refractivity contribution in [3.05, 3.63) is 0 Å². The molecule has 0 saturated heterocycles. The SMILES string of the molecule is NN.NNCl. The molecule has 0 unspecified atom stereocenters. The van der Waals surface area contributed by atoms with Crippen LogP contribution in [-0.4, -0.2) is 0 Å². The molecule has 0 saturated carbocycles. The molecule has 5 heavy (non-hydrogen) atoms. The predicted molar refractivity (Wildman–Crippen MR) is 21.6 cm³/mol. The zero-order valence-electron chi connectivity index (χ0n) is 2.61. The number of hydrogen-bond donors (Lipinski definition) is 4. The number of rotatable bonds is 0. The lowest BCUT2D eigenvalue weighted by Crippen LogP contribution is -2.05. The van der Waals surface area contributed by atoms with E-state index in [1.165, 1.54) is 0 Å². The molecule has 0 aliphatic rings. The molecule has 34 valence electrons. The molecule has 0 radical (unpaired) electrons. The van der Waals surface area contributed by atoms with Crippen LogP contribution in [0, 0.1) is 0 Å². The first-order valence-corrected chi connectivity index (χ1v) is 1.19. The summed E-state index contributed by atoms with van der Waals surface area (Å²) in [7, 11) is 0. The molecule has 0 aliphatic heterocycles. The van der Waals surface area contributed by atoms with E-state index in [2.05, 4.69) is 29.3 Å². The standard InChI is InChI=1S/ClH3N2.H4N2/c1-3-2;1-2/h3H,2H2;1-2H2. The fourth-order valence-electron chi connectivity index (χ4n) is 0. The van der Waals surface area contributed by atoms with Gasteiger partial charge in [-0.2, -0.15) is 4.94 Å². The Bertz CT molecular complexity index is 3.61. The molecule has 0 aromatic carbocycles. The molecule has 7 N–H and O–H groups in total. The first-order valence-electron chi connectivity index (χ1n) is 0.811. The van der Waals surface area contributed by atoms with Gasteiger partial charge in [0.1, 0.15) is 0 Å². The second-order valence-electron chi connectivity index (χ2n) is 0.109. The van der Waals surface area contributed by atoms with E-state index in [0.29, 0.717) is 0 Å². The maximum Gasteiger partial charge on any atom is -0.00899 e. The third-order valence-electron chi connectivity index (χ3n) is 0. The molecule has 0 amide bonds. The minimum absolute atomic E-state index is 1.72. The maximum atomic E-state index is 4.53. The summed E-state index contributed by atoms with van der Waals surface area (Å²) in [4.78, 5) is 1.72. The van der Waals surface area contributed by atoms with Crippen molar-refractivity contribution in [2.45, 2.75) is 0 Å². The van der Waals surface area contributed by atoms with Crippen LogP contribution in [0.25, 0.3) is 0 Å². The van der Waals surface area contributed by atoms with Gasteiger partial charge < -0.3 is 0 Å². The monoisotopic (exact) mass is 98.0 g/mol. The average molecular weight is 98.5 g/mol. The minimum Gasteiger partial charge on any atom is -0.274 e. The van der Waals surface area contributed by atoms with Crippen LogP contribution in [0.15, 0.2) is 0 Å². The average Bonchev–Trinajstić information content (AvgIpc) is 1.46. The summed E-state index contributed by atoms with van der Waals surface area (Å²) >= 11 is 4.53. The van der Waals surface area contributed by atoms with E-state index in [1.807, 2.05) is 0 Å². The van der Waals surface area contributed by atoms with Crippen LogP contribution in [0.1, 0.15) is 0 Å². The Morgan fingerprint density at radius 2 is 1.40 bits per heavy atom. The van der Waals surface area contributed by atoms with E-state index < -0.39 is 0 Å². The highest BCUT2D eigenvalue weighted by Crippen LogP contribution is 1.32. The van der Waals surface area contributed by atoms with Gasteiger partial charge in [-0.05, 0) is 11.8 Å². The molecular formula is H7ClN4. The zero-order chi connectivity index (χ0) is 4.71. The quantitative estimate of drug-likeness (QED) is 0.167. The van der Waals surface area contributed by atoms with E-state index in [9.17, 15) is 0 Å². The van der Waals surface area contributed by atoms with Crippen LogP contribution >= 0.6 is 11.8 Å². The van der Waals surface area contributed by atoms with Crippen molar-refractivity contribution in [1.82, 2.24) is 4.94 Å². The third kappa shape index (κ3) is 1110. The van der Waals surface area contributed by atoms with Gasteiger partial charge in [0.25, 0.3) is 0 Å². The Morgan fingerprint density at radius 1 is 1.40 bits per heavy atom. The summed E-state index contributed by atoms with van der Waals surface area (Å²) in [5, 5.41) is 0. The van der Waals surface area contributed by atoms with Crippen molar-refractivity contribution in [3.8, 4) is 0 Å². The van der Waals surface area contributed by atoms with Gasteiger partial charge in [-0.15, -0.1) is 0 Å². The first-order chi connectivity index (χ1) is 2.41. The minimum atomic E-state index is 1.72. The summed E-state index contributed by atoms with van der Waals surface area (Å²) in [6.45, 7) is 0. The van der Waals surface area contributed by atoms with Gasteiger partial charge in [0.2, 0.25) is 0 Å². The van der Waals surface area contributed by atoms with Crippen LogP contribution in [0.2, 0.25) is 0 Å². The highest BCUT2D eigenvalue weighted by Gasteiger charge is 1.27. The number of hydrazine groups is 2. The Morgan fingerprint density at radius 3 is 1.40 bits per heavy atom. The van der Waals surface area contributed by atoms with Gasteiger partial charge in [-0.3, -0.25) is 17.5 Å². The molecule has 0 aliphatic carbocycles. The summed E-state index contributed by atoms with van der Waals surface area (Å²) in [5.41, 5.74) is 0. The Kier molecular flexibility index (Phi) is 56.6. The smallest absolute Gasteiger partial charge is 0.00899 e. The van der Waals surface area contributed by atoms with Crippen LogP contribution in [0.4, 0.5) is 0 Å². The Balaban J connectivity index is 0. The summed E-state index contributed by atoms with van der Waals surface area (Å²) in [6.07, 6.45) is 0. The van der Waals surface area contributed by atoms with Gasteiger partial charge in [-0.1, -0.05) is 0 Å². The highest BCUT2D eigenvalue weighted by atomic mass is 35.5. The first kappa shape index (κ1) is 8.93. The van der Waals surface area contributed by atoms with Crippen LogP contribution in [-0.2, 0) is 0 Å². The van der Waals surface area contributed by atoms with Gasteiger partial charge in [-0.25, -0.2) is 0 Å².